The van der Waals surface area contributed by atoms with Crippen molar-refractivity contribution in [3.63, 3.8) is 0 Å². The molecule has 1 aromatic carbocycles. The maximum Gasteiger partial charge on any atom is 0.340 e. The van der Waals surface area contributed by atoms with Gasteiger partial charge in [0.25, 0.3) is 0 Å². The zero-order valence-electron chi connectivity index (χ0n) is 9.45. The fourth-order valence-corrected chi connectivity index (χ4v) is 1.32. The molecule has 1 aromatic rings. The highest BCUT2D eigenvalue weighted by Gasteiger charge is 2.13. The van der Waals surface area contributed by atoms with Crippen molar-refractivity contribution in [2.75, 3.05) is 24.2 Å². The molecule has 4 nitrogen and oxygen atoms in total. The summed E-state index contributed by atoms with van der Waals surface area (Å²) in [6.07, 6.45) is 0. The van der Waals surface area contributed by atoms with E-state index >= 15 is 0 Å². The lowest BCUT2D eigenvalue weighted by atomic mass is 10.1. The maximum atomic E-state index is 11.6. The number of carbonyl (C=O) groups excluding carboxylic acids is 1. The van der Waals surface area contributed by atoms with E-state index in [0.717, 1.165) is 0 Å². The minimum Gasteiger partial charge on any atom is -0.462 e. The van der Waals surface area contributed by atoms with Crippen LogP contribution in [0.4, 0.5) is 11.4 Å². The Labute approximate surface area is 102 Å². The molecule has 0 fully saturated rings. The summed E-state index contributed by atoms with van der Waals surface area (Å²) >= 11 is 0. The minimum atomic E-state index is -0.347. The topological polar surface area (TPSA) is 64.3 Å². The second-order valence-electron chi connectivity index (χ2n) is 3.02. The molecule has 3 N–H and O–H groups in total. The molecule has 16 heavy (non-hydrogen) atoms. The van der Waals surface area contributed by atoms with Gasteiger partial charge in [-0.25, -0.2) is 4.79 Å². The number of halogens is 1. The van der Waals surface area contributed by atoms with Crippen LogP contribution >= 0.6 is 12.4 Å². The summed E-state index contributed by atoms with van der Waals surface area (Å²) < 4.78 is 4.94. The van der Waals surface area contributed by atoms with Crippen molar-refractivity contribution in [1.29, 1.82) is 0 Å². The van der Waals surface area contributed by atoms with E-state index in [1.54, 1.807) is 25.1 Å². The second-order valence-corrected chi connectivity index (χ2v) is 3.02. The molecule has 0 atom stereocenters. The number of para-hydroxylation sites is 1. The summed E-state index contributed by atoms with van der Waals surface area (Å²) in [5.41, 5.74) is 7.47. The first kappa shape index (κ1) is 14.6. The van der Waals surface area contributed by atoms with Gasteiger partial charge in [-0.05, 0) is 26.0 Å². The van der Waals surface area contributed by atoms with Crippen LogP contribution in [0.5, 0.6) is 0 Å². The number of benzene rings is 1. The molecule has 0 aliphatic rings. The second kappa shape index (κ2) is 6.95. The van der Waals surface area contributed by atoms with Gasteiger partial charge in [0.15, 0.2) is 0 Å². The van der Waals surface area contributed by atoms with E-state index in [4.69, 9.17) is 10.5 Å². The Morgan fingerprint density at radius 3 is 2.69 bits per heavy atom. The maximum absolute atomic E-state index is 11.6. The molecule has 0 aromatic heterocycles. The van der Waals surface area contributed by atoms with Crippen LogP contribution in [0.3, 0.4) is 0 Å². The molecule has 0 heterocycles. The number of rotatable bonds is 4. The van der Waals surface area contributed by atoms with Gasteiger partial charge < -0.3 is 15.8 Å². The molecule has 0 aliphatic carbocycles. The number of hydrogen-bond acceptors (Lipinski definition) is 4. The van der Waals surface area contributed by atoms with Gasteiger partial charge in [-0.2, -0.15) is 0 Å². The van der Waals surface area contributed by atoms with Crippen LogP contribution in [-0.4, -0.2) is 19.1 Å². The molecule has 0 unspecified atom stereocenters. The largest absolute Gasteiger partial charge is 0.462 e. The SMILES string of the molecule is CCNc1c(N)cccc1C(=O)OCC.Cl. The van der Waals surface area contributed by atoms with Crippen LogP contribution in [0, 0.1) is 0 Å². The van der Waals surface area contributed by atoms with Gasteiger partial charge in [-0.15, -0.1) is 12.4 Å². The summed E-state index contributed by atoms with van der Waals surface area (Å²) in [5, 5.41) is 3.06. The van der Waals surface area contributed by atoms with Crippen molar-refractivity contribution in [3.8, 4) is 0 Å². The van der Waals surface area contributed by atoms with Crippen LogP contribution in [-0.2, 0) is 4.74 Å². The first-order valence-corrected chi connectivity index (χ1v) is 5.00. The van der Waals surface area contributed by atoms with Gasteiger partial charge in [-0.3, -0.25) is 0 Å². The summed E-state index contributed by atoms with van der Waals surface area (Å²) in [7, 11) is 0. The van der Waals surface area contributed by atoms with Crippen molar-refractivity contribution in [2.45, 2.75) is 13.8 Å². The predicted molar refractivity (Wildman–Crippen MR) is 68.2 cm³/mol. The van der Waals surface area contributed by atoms with Crippen LogP contribution in [0.2, 0.25) is 0 Å². The number of ether oxygens (including phenoxy) is 1. The lowest BCUT2D eigenvalue weighted by Crippen LogP contribution is -2.11. The van der Waals surface area contributed by atoms with Crippen LogP contribution < -0.4 is 11.1 Å². The number of nitrogen functional groups attached to an aromatic ring is 1. The Bertz CT molecular complexity index is 356. The van der Waals surface area contributed by atoms with Crippen LogP contribution in [0.15, 0.2) is 18.2 Å². The van der Waals surface area contributed by atoms with E-state index in [9.17, 15) is 4.79 Å². The van der Waals surface area contributed by atoms with Gasteiger partial charge in [0, 0.05) is 6.54 Å². The number of hydrogen-bond donors (Lipinski definition) is 2. The molecule has 0 bridgehead atoms. The summed E-state index contributed by atoms with van der Waals surface area (Å²) in [6, 6.07) is 5.19. The number of esters is 1. The molecule has 0 amide bonds. The van der Waals surface area contributed by atoms with Crippen molar-refractivity contribution in [3.05, 3.63) is 23.8 Å². The molecule has 1 rings (SSSR count). The Kier molecular flexibility index (Phi) is 6.34. The monoisotopic (exact) mass is 244 g/mol. The Morgan fingerprint density at radius 2 is 2.12 bits per heavy atom. The number of nitrogens with two attached hydrogens (primary N) is 1. The molecule has 0 radical (unpaired) electrons. The molecule has 5 heteroatoms. The van der Waals surface area contributed by atoms with Gasteiger partial charge in [0.05, 0.1) is 23.5 Å². The van der Waals surface area contributed by atoms with Crippen LogP contribution in [0.1, 0.15) is 24.2 Å². The van der Waals surface area contributed by atoms with E-state index in [1.165, 1.54) is 0 Å². The number of carbonyl (C=O) groups is 1. The lowest BCUT2D eigenvalue weighted by molar-refractivity contribution is 0.0527. The zero-order valence-corrected chi connectivity index (χ0v) is 10.3. The molecule has 0 saturated carbocycles. The van der Waals surface area contributed by atoms with E-state index in [2.05, 4.69) is 5.32 Å². The summed E-state index contributed by atoms with van der Waals surface area (Å²) in [4.78, 5) is 11.6. The van der Waals surface area contributed by atoms with Gasteiger partial charge >= 0.3 is 5.97 Å². The smallest absolute Gasteiger partial charge is 0.340 e. The van der Waals surface area contributed by atoms with Gasteiger partial charge in [0.2, 0.25) is 0 Å². The third-order valence-electron chi connectivity index (χ3n) is 1.95. The van der Waals surface area contributed by atoms with Gasteiger partial charge in [-0.1, -0.05) is 6.07 Å². The fraction of sp³-hybridized carbons (Fsp3) is 0.364. The Balaban J connectivity index is 0.00000225. The van der Waals surface area contributed by atoms with E-state index in [0.29, 0.717) is 30.1 Å². The lowest BCUT2D eigenvalue weighted by Gasteiger charge is -2.12. The first-order chi connectivity index (χ1) is 7.20. The van der Waals surface area contributed by atoms with Crippen molar-refractivity contribution < 1.29 is 9.53 Å². The number of nitrogens with one attached hydrogen (secondary N) is 1. The standard InChI is InChI=1S/C11H16N2O2.ClH/c1-3-13-10-8(11(14)15-4-2)6-5-7-9(10)12;/h5-7,13H,3-4,12H2,1-2H3;1H. The molecular formula is C11H17ClN2O2. The fourth-order valence-electron chi connectivity index (χ4n) is 1.32. The van der Waals surface area contributed by atoms with E-state index < -0.39 is 0 Å². The Morgan fingerprint density at radius 1 is 1.44 bits per heavy atom. The quantitative estimate of drug-likeness (QED) is 0.630. The molecule has 0 spiro atoms. The molecule has 90 valence electrons. The summed E-state index contributed by atoms with van der Waals surface area (Å²) in [5.74, 6) is -0.347. The van der Waals surface area contributed by atoms with Crippen molar-refractivity contribution in [2.24, 2.45) is 0 Å². The van der Waals surface area contributed by atoms with E-state index in [1.807, 2.05) is 6.92 Å². The van der Waals surface area contributed by atoms with Crippen molar-refractivity contribution in [1.82, 2.24) is 0 Å². The first-order valence-electron chi connectivity index (χ1n) is 5.00. The highest BCUT2D eigenvalue weighted by atomic mass is 35.5. The normalized spacial score (nSPS) is 9.12. The van der Waals surface area contributed by atoms with E-state index in [-0.39, 0.29) is 18.4 Å². The van der Waals surface area contributed by atoms with Crippen LogP contribution in [0.25, 0.3) is 0 Å². The van der Waals surface area contributed by atoms with Gasteiger partial charge in [0.1, 0.15) is 0 Å². The molecular weight excluding hydrogens is 228 g/mol. The molecule has 0 saturated heterocycles. The predicted octanol–water partition coefficient (Wildman–Crippen LogP) is 2.30. The average Bonchev–Trinajstić information content (AvgIpc) is 2.21. The van der Waals surface area contributed by atoms with Crippen molar-refractivity contribution >= 4 is 29.8 Å². The summed E-state index contributed by atoms with van der Waals surface area (Å²) in [6.45, 7) is 4.79. The highest BCUT2D eigenvalue weighted by Crippen LogP contribution is 2.23. The Hall–Kier alpha value is -1.42. The highest BCUT2D eigenvalue weighted by molar-refractivity contribution is 5.98. The third-order valence-corrected chi connectivity index (χ3v) is 1.95. The molecule has 0 aliphatic heterocycles. The number of anilines is 2. The minimum absolute atomic E-state index is 0. The average molecular weight is 245 g/mol. The third kappa shape index (κ3) is 3.31. The zero-order chi connectivity index (χ0) is 11.3.